The molecule has 132 valence electrons. The van der Waals surface area contributed by atoms with E-state index in [-0.39, 0.29) is 11.9 Å². The minimum atomic E-state index is -0.312. The van der Waals surface area contributed by atoms with Gasteiger partial charge in [-0.05, 0) is 31.2 Å². The number of anilines is 2. The third-order valence-electron chi connectivity index (χ3n) is 3.49. The summed E-state index contributed by atoms with van der Waals surface area (Å²) in [6.45, 7) is 4.57. The Kier molecular flexibility index (Phi) is 6.83. The van der Waals surface area contributed by atoms with Crippen LogP contribution >= 0.6 is 0 Å². The molecule has 0 aliphatic rings. The van der Waals surface area contributed by atoms with Gasteiger partial charge in [-0.25, -0.2) is 4.79 Å². The summed E-state index contributed by atoms with van der Waals surface area (Å²) in [7, 11) is 0. The van der Waals surface area contributed by atoms with Crippen molar-refractivity contribution in [3.05, 3.63) is 54.6 Å². The standard InChI is InChI=1S/C19H23N3O3/c1-3-25-18-12-8-7-11-17(18)22(15(2)23)14-13-20-19(24)21-16-9-5-4-6-10-16/h4-12H,3,13-14H2,1-2H3,(H2,20,21,24). The molecule has 6 heteroatoms. The normalized spacial score (nSPS) is 10.0. The van der Waals surface area contributed by atoms with E-state index in [1.54, 1.807) is 17.0 Å². The summed E-state index contributed by atoms with van der Waals surface area (Å²) in [6, 6.07) is 16.2. The number of nitrogens with zero attached hydrogens (tertiary/aromatic N) is 1. The van der Waals surface area contributed by atoms with Gasteiger partial charge < -0.3 is 20.3 Å². The third-order valence-corrected chi connectivity index (χ3v) is 3.49. The maximum absolute atomic E-state index is 12.0. The molecule has 2 aromatic carbocycles. The van der Waals surface area contributed by atoms with E-state index in [1.165, 1.54) is 6.92 Å². The lowest BCUT2D eigenvalue weighted by Crippen LogP contribution is -2.39. The summed E-state index contributed by atoms with van der Waals surface area (Å²) in [6.07, 6.45) is 0. The van der Waals surface area contributed by atoms with Crippen molar-refractivity contribution in [3.63, 3.8) is 0 Å². The van der Waals surface area contributed by atoms with Crippen LogP contribution in [0.2, 0.25) is 0 Å². The van der Waals surface area contributed by atoms with E-state index in [1.807, 2.05) is 49.4 Å². The molecular formula is C19H23N3O3. The summed E-state index contributed by atoms with van der Waals surface area (Å²) in [5.74, 6) is 0.534. The van der Waals surface area contributed by atoms with Gasteiger partial charge in [0.15, 0.2) is 0 Å². The van der Waals surface area contributed by atoms with E-state index < -0.39 is 0 Å². The Morgan fingerprint density at radius 3 is 2.40 bits per heavy atom. The number of nitrogens with one attached hydrogen (secondary N) is 2. The highest BCUT2D eigenvalue weighted by Gasteiger charge is 2.16. The number of ether oxygens (including phenoxy) is 1. The van der Waals surface area contributed by atoms with Crippen LogP contribution in [0.25, 0.3) is 0 Å². The molecule has 6 nitrogen and oxygen atoms in total. The molecule has 2 aromatic rings. The van der Waals surface area contributed by atoms with Gasteiger partial charge in [-0.2, -0.15) is 0 Å². The van der Waals surface area contributed by atoms with Crippen LogP contribution in [0.1, 0.15) is 13.8 Å². The van der Waals surface area contributed by atoms with Crippen molar-refractivity contribution in [2.45, 2.75) is 13.8 Å². The first kappa shape index (κ1) is 18.3. The SMILES string of the molecule is CCOc1ccccc1N(CCNC(=O)Nc1ccccc1)C(C)=O. The zero-order chi connectivity index (χ0) is 18.1. The quantitative estimate of drug-likeness (QED) is 0.812. The molecule has 0 spiro atoms. The Balaban J connectivity index is 1.94. The van der Waals surface area contributed by atoms with E-state index in [2.05, 4.69) is 10.6 Å². The molecule has 0 aromatic heterocycles. The molecule has 0 fully saturated rings. The predicted molar refractivity (Wildman–Crippen MR) is 99.1 cm³/mol. The minimum Gasteiger partial charge on any atom is -0.492 e. The van der Waals surface area contributed by atoms with E-state index in [0.29, 0.717) is 36.8 Å². The smallest absolute Gasteiger partial charge is 0.319 e. The van der Waals surface area contributed by atoms with Crippen molar-refractivity contribution in [1.29, 1.82) is 0 Å². The first-order chi connectivity index (χ1) is 12.1. The number of carbonyl (C=O) groups excluding carboxylic acids is 2. The molecule has 2 N–H and O–H groups in total. The Hall–Kier alpha value is -3.02. The summed E-state index contributed by atoms with van der Waals surface area (Å²) < 4.78 is 5.58. The highest BCUT2D eigenvalue weighted by molar-refractivity contribution is 5.93. The zero-order valence-electron chi connectivity index (χ0n) is 14.5. The average molecular weight is 341 g/mol. The van der Waals surface area contributed by atoms with Crippen molar-refractivity contribution >= 4 is 23.3 Å². The lowest BCUT2D eigenvalue weighted by atomic mass is 10.2. The van der Waals surface area contributed by atoms with Crippen molar-refractivity contribution in [1.82, 2.24) is 5.32 Å². The molecule has 0 saturated carbocycles. The predicted octanol–water partition coefficient (Wildman–Crippen LogP) is 3.26. The van der Waals surface area contributed by atoms with Gasteiger partial charge in [-0.15, -0.1) is 0 Å². The fourth-order valence-corrected chi connectivity index (χ4v) is 2.38. The molecular weight excluding hydrogens is 318 g/mol. The second kappa shape index (κ2) is 9.32. The monoisotopic (exact) mass is 341 g/mol. The number of para-hydroxylation sites is 3. The number of hydrogen-bond donors (Lipinski definition) is 2. The van der Waals surface area contributed by atoms with Crippen LogP contribution in [0.5, 0.6) is 5.75 Å². The van der Waals surface area contributed by atoms with Crippen molar-refractivity contribution < 1.29 is 14.3 Å². The fourth-order valence-electron chi connectivity index (χ4n) is 2.38. The molecule has 0 radical (unpaired) electrons. The molecule has 3 amide bonds. The topological polar surface area (TPSA) is 70.7 Å². The van der Waals surface area contributed by atoms with E-state index in [4.69, 9.17) is 4.74 Å². The maximum atomic E-state index is 12.0. The molecule has 0 aliphatic carbocycles. The molecule has 0 aliphatic heterocycles. The van der Waals surface area contributed by atoms with Crippen LogP contribution in [0, 0.1) is 0 Å². The van der Waals surface area contributed by atoms with Gasteiger partial charge in [0.25, 0.3) is 0 Å². The van der Waals surface area contributed by atoms with Crippen LogP contribution in [0.15, 0.2) is 54.6 Å². The Morgan fingerprint density at radius 1 is 1.04 bits per heavy atom. The van der Waals surface area contributed by atoms with Gasteiger partial charge in [0.05, 0.1) is 12.3 Å². The second-order valence-electron chi connectivity index (χ2n) is 5.32. The Labute approximate surface area is 147 Å². The van der Waals surface area contributed by atoms with Gasteiger partial charge in [0.2, 0.25) is 5.91 Å². The van der Waals surface area contributed by atoms with Gasteiger partial charge in [0, 0.05) is 25.7 Å². The van der Waals surface area contributed by atoms with Crippen LogP contribution in [0.3, 0.4) is 0 Å². The number of carbonyl (C=O) groups is 2. The molecule has 25 heavy (non-hydrogen) atoms. The largest absolute Gasteiger partial charge is 0.492 e. The molecule has 0 bridgehead atoms. The highest BCUT2D eigenvalue weighted by Crippen LogP contribution is 2.27. The van der Waals surface area contributed by atoms with Crippen LogP contribution in [0.4, 0.5) is 16.2 Å². The highest BCUT2D eigenvalue weighted by atomic mass is 16.5. The first-order valence-electron chi connectivity index (χ1n) is 8.21. The maximum Gasteiger partial charge on any atom is 0.319 e. The number of hydrogen-bond acceptors (Lipinski definition) is 3. The first-order valence-corrected chi connectivity index (χ1v) is 8.21. The molecule has 2 rings (SSSR count). The molecule has 0 saturated heterocycles. The van der Waals surface area contributed by atoms with Gasteiger partial charge in [-0.1, -0.05) is 30.3 Å². The van der Waals surface area contributed by atoms with Gasteiger partial charge >= 0.3 is 6.03 Å². The second-order valence-corrected chi connectivity index (χ2v) is 5.32. The van der Waals surface area contributed by atoms with Gasteiger partial charge in [-0.3, -0.25) is 4.79 Å². The molecule has 0 heterocycles. The van der Waals surface area contributed by atoms with E-state index in [9.17, 15) is 9.59 Å². The molecule has 0 unspecified atom stereocenters. The Morgan fingerprint density at radius 2 is 1.72 bits per heavy atom. The van der Waals surface area contributed by atoms with E-state index >= 15 is 0 Å². The third kappa shape index (κ3) is 5.53. The Bertz CT molecular complexity index is 704. The zero-order valence-corrected chi connectivity index (χ0v) is 14.5. The molecule has 0 atom stereocenters. The van der Waals surface area contributed by atoms with Crippen LogP contribution in [-0.4, -0.2) is 31.6 Å². The number of benzene rings is 2. The van der Waals surface area contributed by atoms with Gasteiger partial charge in [0.1, 0.15) is 5.75 Å². The summed E-state index contributed by atoms with van der Waals surface area (Å²) in [5.41, 5.74) is 1.41. The number of rotatable bonds is 7. The number of urea groups is 1. The van der Waals surface area contributed by atoms with Crippen molar-refractivity contribution in [2.24, 2.45) is 0 Å². The summed E-state index contributed by atoms with van der Waals surface area (Å²) in [5, 5.41) is 5.49. The van der Waals surface area contributed by atoms with E-state index in [0.717, 1.165) is 0 Å². The van der Waals surface area contributed by atoms with Crippen molar-refractivity contribution in [3.8, 4) is 5.75 Å². The minimum absolute atomic E-state index is 0.113. The lowest BCUT2D eigenvalue weighted by Gasteiger charge is -2.23. The van der Waals surface area contributed by atoms with Crippen LogP contribution < -0.4 is 20.3 Å². The van der Waals surface area contributed by atoms with Crippen LogP contribution in [-0.2, 0) is 4.79 Å². The lowest BCUT2D eigenvalue weighted by molar-refractivity contribution is -0.116. The summed E-state index contributed by atoms with van der Waals surface area (Å²) in [4.78, 5) is 25.5. The van der Waals surface area contributed by atoms with Crippen molar-refractivity contribution in [2.75, 3.05) is 29.9 Å². The fraction of sp³-hybridized carbons (Fsp3) is 0.263. The number of amides is 3. The average Bonchev–Trinajstić information content (AvgIpc) is 2.60. The summed E-state index contributed by atoms with van der Waals surface area (Å²) >= 11 is 0.